The second-order valence-corrected chi connectivity index (χ2v) is 12.7. The Kier molecular flexibility index (Phi) is 6.72. The second kappa shape index (κ2) is 10.0. The largest absolute Gasteiger partial charge is 0.489 e. The van der Waals surface area contributed by atoms with Gasteiger partial charge in [-0.15, -0.1) is 0 Å². The number of aromatic nitrogens is 1. The molecule has 0 bridgehead atoms. The van der Waals surface area contributed by atoms with E-state index in [9.17, 15) is 14.4 Å². The molecule has 192 valence electrons. The van der Waals surface area contributed by atoms with Crippen molar-refractivity contribution in [1.82, 2.24) is 4.98 Å². The van der Waals surface area contributed by atoms with Crippen molar-refractivity contribution in [2.24, 2.45) is 5.92 Å². The molecule has 0 unspecified atom stereocenters. The van der Waals surface area contributed by atoms with Crippen LogP contribution < -0.4 is 14.5 Å². The van der Waals surface area contributed by atoms with Crippen molar-refractivity contribution >= 4 is 68.1 Å². The molecular formula is C28H20BrClN2O4S2. The molecule has 2 amide bonds. The number of aromatic amines is 1. The standard InChI is InChI=1S/C28H20BrClN2O4S2/c1-14-4-2-3-5-15(14)13-36-20-11-8-17(30)12-19(20)21-22-24(37-25-23(21)38-28(35)31-25)27(34)32(26(22)33)18-9-6-16(29)7-10-18/h2-12,21-22,24H,13H2,1H3,(H,31,35)/t21-,22-,24+/m0/s1. The molecule has 6 rings (SSSR count). The third-order valence-corrected chi connectivity index (χ3v) is 10.0. The van der Waals surface area contributed by atoms with Crippen LogP contribution in [0.2, 0.25) is 5.02 Å². The predicted octanol–water partition coefficient (Wildman–Crippen LogP) is 6.54. The number of hydrogen-bond donors (Lipinski definition) is 1. The molecule has 6 nitrogen and oxygen atoms in total. The number of ether oxygens (including phenoxy) is 1. The van der Waals surface area contributed by atoms with Gasteiger partial charge in [0, 0.05) is 25.9 Å². The zero-order valence-corrected chi connectivity index (χ0v) is 23.9. The fourth-order valence-corrected chi connectivity index (χ4v) is 7.97. The maximum absolute atomic E-state index is 14.0. The highest BCUT2D eigenvalue weighted by Gasteiger charge is 2.56. The van der Waals surface area contributed by atoms with Crippen LogP contribution in [0.25, 0.3) is 0 Å². The smallest absolute Gasteiger partial charge is 0.305 e. The first kappa shape index (κ1) is 25.4. The van der Waals surface area contributed by atoms with Crippen molar-refractivity contribution in [3.05, 3.63) is 107 Å². The molecule has 1 aromatic heterocycles. The van der Waals surface area contributed by atoms with Gasteiger partial charge in [0.15, 0.2) is 0 Å². The Morgan fingerprint density at radius 1 is 1.03 bits per heavy atom. The number of imide groups is 1. The first-order valence-electron chi connectivity index (χ1n) is 11.8. The van der Waals surface area contributed by atoms with Gasteiger partial charge in [-0.3, -0.25) is 14.4 Å². The van der Waals surface area contributed by atoms with Crippen LogP contribution in [-0.2, 0) is 16.2 Å². The minimum absolute atomic E-state index is 0.235. The quantitative estimate of drug-likeness (QED) is 0.255. The number of thioether (sulfide) groups is 1. The van der Waals surface area contributed by atoms with E-state index in [1.54, 1.807) is 42.5 Å². The number of benzene rings is 3. The maximum atomic E-state index is 14.0. The van der Waals surface area contributed by atoms with E-state index in [2.05, 4.69) is 20.9 Å². The Labute approximate surface area is 240 Å². The number of fused-ring (bicyclic) bond motifs is 2. The van der Waals surface area contributed by atoms with Crippen molar-refractivity contribution in [3.8, 4) is 5.75 Å². The van der Waals surface area contributed by atoms with Crippen molar-refractivity contribution in [3.63, 3.8) is 0 Å². The summed E-state index contributed by atoms with van der Waals surface area (Å²) in [6.45, 7) is 2.35. The van der Waals surface area contributed by atoms with E-state index >= 15 is 0 Å². The third kappa shape index (κ3) is 4.41. The maximum Gasteiger partial charge on any atom is 0.305 e. The zero-order chi connectivity index (χ0) is 26.6. The van der Waals surface area contributed by atoms with Gasteiger partial charge in [0.05, 0.1) is 16.6 Å². The van der Waals surface area contributed by atoms with Crippen LogP contribution in [0.1, 0.15) is 27.5 Å². The third-order valence-electron chi connectivity index (χ3n) is 6.86. The lowest BCUT2D eigenvalue weighted by Gasteiger charge is -2.31. The van der Waals surface area contributed by atoms with Crippen molar-refractivity contribution < 1.29 is 14.3 Å². The monoisotopic (exact) mass is 626 g/mol. The average Bonchev–Trinajstić information content (AvgIpc) is 3.39. The molecule has 1 N–H and O–H groups in total. The lowest BCUT2D eigenvalue weighted by atomic mass is 9.82. The number of H-pyrrole nitrogens is 1. The number of carbonyl (C=O) groups excluding carboxylic acids is 2. The minimum atomic E-state index is -0.727. The SMILES string of the molecule is Cc1ccccc1COc1ccc(Cl)cc1[C@@H]1c2sc(=O)[nH]c2S[C@H]2C(=O)N(c3ccc(Br)cc3)C(=O)[C@@H]12. The number of anilines is 1. The Bertz CT molecular complexity index is 1630. The van der Waals surface area contributed by atoms with Gasteiger partial charge < -0.3 is 9.72 Å². The summed E-state index contributed by atoms with van der Waals surface area (Å²) in [5.74, 6) is -1.37. The summed E-state index contributed by atoms with van der Waals surface area (Å²) in [4.78, 5) is 44.7. The fraction of sp³-hybridized carbons (Fsp3) is 0.179. The van der Waals surface area contributed by atoms with E-state index in [1.165, 1.54) is 16.7 Å². The number of aryl methyl sites for hydroxylation is 1. The highest BCUT2D eigenvalue weighted by molar-refractivity contribution is 9.10. The van der Waals surface area contributed by atoms with Gasteiger partial charge in [0.1, 0.15) is 17.6 Å². The van der Waals surface area contributed by atoms with Crippen LogP contribution in [0, 0.1) is 12.8 Å². The topological polar surface area (TPSA) is 79.5 Å². The van der Waals surface area contributed by atoms with Crippen molar-refractivity contribution in [1.29, 1.82) is 0 Å². The van der Waals surface area contributed by atoms with E-state index in [0.29, 0.717) is 38.5 Å². The first-order chi connectivity index (χ1) is 18.3. The summed E-state index contributed by atoms with van der Waals surface area (Å²) >= 11 is 12.2. The van der Waals surface area contributed by atoms with Gasteiger partial charge in [-0.05, 0) is 60.5 Å². The molecule has 2 aliphatic heterocycles. The first-order valence-corrected chi connectivity index (χ1v) is 14.7. The average molecular weight is 628 g/mol. The number of halogens is 2. The van der Waals surface area contributed by atoms with Crippen LogP contribution in [0.3, 0.4) is 0 Å². The van der Waals surface area contributed by atoms with Gasteiger partial charge in [-0.25, -0.2) is 4.90 Å². The number of thiazole rings is 1. The molecule has 1 saturated heterocycles. The lowest BCUT2D eigenvalue weighted by molar-refractivity contribution is -0.122. The van der Waals surface area contributed by atoms with Gasteiger partial charge in [0.25, 0.3) is 0 Å². The normalized spacial score (nSPS) is 20.4. The molecule has 3 heterocycles. The molecular weight excluding hydrogens is 608 g/mol. The molecule has 3 atom stereocenters. The van der Waals surface area contributed by atoms with E-state index in [0.717, 1.165) is 26.9 Å². The molecule has 10 heteroatoms. The van der Waals surface area contributed by atoms with Crippen LogP contribution in [0.15, 0.2) is 81.0 Å². The number of hydrogen-bond acceptors (Lipinski definition) is 6. The van der Waals surface area contributed by atoms with Gasteiger partial charge >= 0.3 is 4.87 Å². The van der Waals surface area contributed by atoms with Crippen molar-refractivity contribution in [2.75, 3.05) is 4.90 Å². The number of nitrogens with one attached hydrogen (secondary N) is 1. The van der Waals surface area contributed by atoms with Crippen LogP contribution >= 0.6 is 50.6 Å². The molecule has 0 spiro atoms. The number of rotatable bonds is 5. The summed E-state index contributed by atoms with van der Waals surface area (Å²) < 4.78 is 7.15. The highest BCUT2D eigenvalue weighted by atomic mass is 79.9. The van der Waals surface area contributed by atoms with Gasteiger partial charge in [-0.2, -0.15) is 0 Å². The van der Waals surface area contributed by atoms with Gasteiger partial charge in [-0.1, -0.05) is 74.9 Å². The van der Waals surface area contributed by atoms with E-state index in [4.69, 9.17) is 16.3 Å². The number of nitrogens with zero attached hydrogens (tertiary/aromatic N) is 1. The fourth-order valence-electron chi connectivity index (χ4n) is 5.02. The van der Waals surface area contributed by atoms with Crippen LogP contribution in [0.4, 0.5) is 5.69 Å². The van der Waals surface area contributed by atoms with Crippen LogP contribution in [-0.4, -0.2) is 22.0 Å². The molecule has 1 fully saturated rings. The molecule has 0 radical (unpaired) electrons. The highest BCUT2D eigenvalue weighted by Crippen LogP contribution is 2.54. The molecule has 2 aliphatic rings. The molecule has 0 aliphatic carbocycles. The van der Waals surface area contributed by atoms with E-state index in [-0.39, 0.29) is 16.7 Å². The van der Waals surface area contributed by atoms with E-state index in [1.807, 2.05) is 31.2 Å². The van der Waals surface area contributed by atoms with Gasteiger partial charge in [0.2, 0.25) is 11.8 Å². The Morgan fingerprint density at radius 3 is 2.55 bits per heavy atom. The summed E-state index contributed by atoms with van der Waals surface area (Å²) in [5.41, 5.74) is 3.32. The summed E-state index contributed by atoms with van der Waals surface area (Å²) in [7, 11) is 0. The summed E-state index contributed by atoms with van der Waals surface area (Å²) in [6.07, 6.45) is 0. The zero-order valence-electron chi connectivity index (χ0n) is 19.9. The second-order valence-electron chi connectivity index (χ2n) is 9.14. The van der Waals surface area contributed by atoms with Crippen molar-refractivity contribution in [2.45, 2.75) is 29.7 Å². The van der Waals surface area contributed by atoms with E-state index < -0.39 is 17.1 Å². The molecule has 4 aromatic rings. The minimum Gasteiger partial charge on any atom is -0.489 e. The number of carbonyl (C=O) groups is 2. The number of amides is 2. The van der Waals surface area contributed by atoms with Crippen LogP contribution in [0.5, 0.6) is 5.75 Å². The molecule has 3 aromatic carbocycles. The molecule has 0 saturated carbocycles. The Hall–Kier alpha value is -2.85. The molecule has 38 heavy (non-hydrogen) atoms. The lowest BCUT2D eigenvalue weighted by Crippen LogP contribution is -2.32. The summed E-state index contributed by atoms with van der Waals surface area (Å²) in [6, 6.07) is 20.3. The predicted molar refractivity (Wildman–Crippen MR) is 154 cm³/mol. The Balaban J connectivity index is 1.45. The summed E-state index contributed by atoms with van der Waals surface area (Å²) in [5, 5.41) is 0.385. The Morgan fingerprint density at radius 2 is 1.79 bits per heavy atom.